The molecule has 2 N–H and O–H groups in total. The molecule has 0 radical (unpaired) electrons. The van der Waals surface area contributed by atoms with Crippen LogP contribution in [0.5, 0.6) is 0 Å². The van der Waals surface area contributed by atoms with Crippen molar-refractivity contribution in [3.63, 3.8) is 0 Å². The Bertz CT molecular complexity index is 407. The Kier molecular flexibility index (Phi) is 3.29. The summed E-state index contributed by atoms with van der Waals surface area (Å²) >= 11 is 5.61. The van der Waals surface area contributed by atoms with E-state index in [4.69, 9.17) is 11.6 Å². The van der Waals surface area contributed by atoms with Gasteiger partial charge >= 0.3 is 0 Å². The third kappa shape index (κ3) is 3.10. The van der Waals surface area contributed by atoms with Gasteiger partial charge in [-0.05, 0) is 31.0 Å². The Hall–Kier alpha value is -1.29. The van der Waals surface area contributed by atoms with E-state index < -0.39 is 5.82 Å². The number of carbonyl (C=O) groups is 1. The molecule has 1 amide bonds. The molecule has 0 saturated heterocycles. The zero-order chi connectivity index (χ0) is 11.5. The van der Waals surface area contributed by atoms with Gasteiger partial charge < -0.3 is 10.6 Å². The molecule has 2 rings (SSSR count). The molecule has 0 unspecified atom stereocenters. The molecule has 1 aliphatic rings. The molecule has 0 bridgehead atoms. The molecule has 1 aromatic carbocycles. The zero-order valence-corrected chi connectivity index (χ0v) is 9.35. The van der Waals surface area contributed by atoms with Crippen molar-refractivity contribution in [2.45, 2.75) is 18.9 Å². The molecular weight excluding hydrogens is 231 g/mol. The van der Waals surface area contributed by atoms with Crippen LogP contribution in [0.15, 0.2) is 18.2 Å². The highest BCUT2D eigenvalue weighted by Gasteiger charge is 2.22. The molecule has 0 atom stereocenters. The zero-order valence-electron chi connectivity index (χ0n) is 8.59. The molecule has 0 aliphatic heterocycles. The second-order valence-corrected chi connectivity index (χ2v) is 4.23. The van der Waals surface area contributed by atoms with E-state index in [1.165, 1.54) is 12.1 Å². The highest BCUT2D eigenvalue weighted by atomic mass is 35.5. The Morgan fingerprint density at radius 1 is 1.50 bits per heavy atom. The second kappa shape index (κ2) is 4.70. The summed E-state index contributed by atoms with van der Waals surface area (Å²) in [6.45, 7) is 0.179. The van der Waals surface area contributed by atoms with E-state index in [1.807, 2.05) is 0 Å². The van der Waals surface area contributed by atoms with Crippen molar-refractivity contribution in [1.82, 2.24) is 5.32 Å². The number of carbonyl (C=O) groups excluding carboxylic acids is 1. The summed E-state index contributed by atoms with van der Waals surface area (Å²) in [7, 11) is 0. The molecule has 1 fully saturated rings. The standard InChI is InChI=1S/C11H12ClFN2O/c12-9-5-8(3-4-10(9)13)14-6-11(16)15-7-1-2-7/h3-5,7,14H,1-2,6H2,(H,15,16). The minimum Gasteiger partial charge on any atom is -0.376 e. The van der Waals surface area contributed by atoms with E-state index in [0.29, 0.717) is 11.7 Å². The van der Waals surface area contributed by atoms with Crippen molar-refractivity contribution in [2.24, 2.45) is 0 Å². The Labute approximate surface area is 98.0 Å². The maximum absolute atomic E-state index is 12.8. The van der Waals surface area contributed by atoms with Crippen molar-refractivity contribution in [2.75, 3.05) is 11.9 Å². The highest BCUT2D eigenvalue weighted by molar-refractivity contribution is 6.31. The minimum absolute atomic E-state index is 0.0487. The fourth-order valence-corrected chi connectivity index (χ4v) is 1.48. The first-order valence-corrected chi connectivity index (χ1v) is 5.51. The van der Waals surface area contributed by atoms with Gasteiger partial charge in [-0.3, -0.25) is 4.79 Å². The molecule has 5 heteroatoms. The van der Waals surface area contributed by atoms with Gasteiger partial charge in [-0.1, -0.05) is 11.6 Å². The Morgan fingerprint density at radius 2 is 2.25 bits per heavy atom. The highest BCUT2D eigenvalue weighted by Crippen LogP contribution is 2.20. The van der Waals surface area contributed by atoms with Crippen LogP contribution in [-0.2, 0) is 4.79 Å². The first-order valence-electron chi connectivity index (χ1n) is 5.13. The fraction of sp³-hybridized carbons (Fsp3) is 0.364. The van der Waals surface area contributed by atoms with Crippen molar-refractivity contribution in [1.29, 1.82) is 0 Å². The van der Waals surface area contributed by atoms with Crippen LogP contribution >= 0.6 is 11.6 Å². The van der Waals surface area contributed by atoms with Crippen molar-refractivity contribution >= 4 is 23.2 Å². The van der Waals surface area contributed by atoms with E-state index in [2.05, 4.69) is 10.6 Å². The molecule has 1 aromatic rings. The van der Waals surface area contributed by atoms with Gasteiger partial charge in [-0.25, -0.2) is 4.39 Å². The molecule has 16 heavy (non-hydrogen) atoms. The van der Waals surface area contributed by atoms with Gasteiger partial charge in [0.15, 0.2) is 0 Å². The number of nitrogens with one attached hydrogen (secondary N) is 2. The molecule has 86 valence electrons. The molecular formula is C11H12ClFN2O. The van der Waals surface area contributed by atoms with Crippen LogP contribution in [0.25, 0.3) is 0 Å². The number of halogens is 2. The van der Waals surface area contributed by atoms with Gasteiger partial charge in [-0.2, -0.15) is 0 Å². The lowest BCUT2D eigenvalue weighted by Crippen LogP contribution is -2.31. The van der Waals surface area contributed by atoms with E-state index in [9.17, 15) is 9.18 Å². The SMILES string of the molecule is O=C(CNc1ccc(F)c(Cl)c1)NC1CC1. The predicted molar refractivity (Wildman–Crippen MR) is 61.1 cm³/mol. The minimum atomic E-state index is -0.463. The van der Waals surface area contributed by atoms with Crippen LogP contribution in [0.3, 0.4) is 0 Å². The summed E-state index contributed by atoms with van der Waals surface area (Å²) in [5.41, 5.74) is 0.636. The first-order chi connectivity index (χ1) is 7.65. The Morgan fingerprint density at radius 3 is 2.88 bits per heavy atom. The largest absolute Gasteiger partial charge is 0.376 e. The number of amides is 1. The van der Waals surface area contributed by atoms with E-state index in [0.717, 1.165) is 12.8 Å². The number of rotatable bonds is 4. The molecule has 1 saturated carbocycles. The van der Waals surface area contributed by atoms with Crippen LogP contribution in [0.1, 0.15) is 12.8 Å². The van der Waals surface area contributed by atoms with Gasteiger partial charge in [0.2, 0.25) is 5.91 Å². The Balaban J connectivity index is 1.83. The lowest BCUT2D eigenvalue weighted by Gasteiger charge is -2.07. The molecule has 0 heterocycles. The second-order valence-electron chi connectivity index (χ2n) is 3.82. The summed E-state index contributed by atoms with van der Waals surface area (Å²) in [6.07, 6.45) is 2.13. The van der Waals surface area contributed by atoms with Gasteiger partial charge in [0, 0.05) is 11.7 Å². The quantitative estimate of drug-likeness (QED) is 0.850. The smallest absolute Gasteiger partial charge is 0.239 e. The van der Waals surface area contributed by atoms with Gasteiger partial charge in [0.25, 0.3) is 0 Å². The summed E-state index contributed by atoms with van der Waals surface area (Å²) < 4.78 is 12.8. The summed E-state index contributed by atoms with van der Waals surface area (Å²) in [6, 6.07) is 4.63. The van der Waals surface area contributed by atoms with Gasteiger partial charge in [0.1, 0.15) is 5.82 Å². The lowest BCUT2D eigenvalue weighted by atomic mass is 10.3. The number of hydrogen-bond donors (Lipinski definition) is 2. The molecule has 1 aliphatic carbocycles. The topological polar surface area (TPSA) is 41.1 Å². The van der Waals surface area contributed by atoms with Gasteiger partial charge in [0.05, 0.1) is 11.6 Å². The number of benzene rings is 1. The molecule has 0 aromatic heterocycles. The molecule has 3 nitrogen and oxygen atoms in total. The predicted octanol–water partition coefficient (Wildman–Crippen LogP) is 2.17. The van der Waals surface area contributed by atoms with Gasteiger partial charge in [-0.15, -0.1) is 0 Å². The van der Waals surface area contributed by atoms with Crippen LogP contribution in [0, 0.1) is 5.82 Å². The van der Waals surface area contributed by atoms with E-state index in [1.54, 1.807) is 6.07 Å². The average Bonchev–Trinajstić information content (AvgIpc) is 3.04. The summed E-state index contributed by atoms with van der Waals surface area (Å²) in [5, 5.41) is 5.77. The molecule has 0 spiro atoms. The summed E-state index contributed by atoms with van der Waals surface area (Å²) in [4.78, 5) is 11.3. The van der Waals surface area contributed by atoms with Crippen molar-refractivity contribution < 1.29 is 9.18 Å². The van der Waals surface area contributed by atoms with Crippen LogP contribution in [0.2, 0.25) is 5.02 Å². The maximum atomic E-state index is 12.8. The monoisotopic (exact) mass is 242 g/mol. The van der Waals surface area contributed by atoms with Crippen LogP contribution < -0.4 is 10.6 Å². The normalized spacial score (nSPS) is 14.6. The summed E-state index contributed by atoms with van der Waals surface area (Å²) in [5.74, 6) is -0.516. The van der Waals surface area contributed by atoms with E-state index in [-0.39, 0.29) is 17.5 Å². The number of anilines is 1. The van der Waals surface area contributed by atoms with Crippen molar-refractivity contribution in [3.8, 4) is 0 Å². The van der Waals surface area contributed by atoms with Crippen molar-refractivity contribution in [3.05, 3.63) is 29.0 Å². The van der Waals surface area contributed by atoms with E-state index >= 15 is 0 Å². The third-order valence-electron chi connectivity index (χ3n) is 2.32. The maximum Gasteiger partial charge on any atom is 0.239 e. The number of hydrogen-bond acceptors (Lipinski definition) is 2. The lowest BCUT2D eigenvalue weighted by molar-refractivity contribution is -0.119. The fourth-order valence-electron chi connectivity index (χ4n) is 1.29. The first kappa shape index (κ1) is 11.2. The van der Waals surface area contributed by atoms with Crippen LogP contribution in [0.4, 0.5) is 10.1 Å². The third-order valence-corrected chi connectivity index (χ3v) is 2.60. The van der Waals surface area contributed by atoms with Crippen LogP contribution in [-0.4, -0.2) is 18.5 Å². The average molecular weight is 243 g/mol.